The van der Waals surface area contributed by atoms with Gasteiger partial charge in [0.25, 0.3) is 0 Å². The second kappa shape index (κ2) is 7.44. The number of halogens is 3. The van der Waals surface area contributed by atoms with E-state index in [1.54, 1.807) is 18.5 Å². The summed E-state index contributed by atoms with van der Waals surface area (Å²) in [4.78, 5) is 9.14. The lowest BCUT2D eigenvalue weighted by atomic mass is 9.96. The van der Waals surface area contributed by atoms with Crippen LogP contribution in [0.15, 0.2) is 41.6 Å². The van der Waals surface area contributed by atoms with Crippen LogP contribution < -0.4 is 4.74 Å². The summed E-state index contributed by atoms with van der Waals surface area (Å²) in [6, 6.07) is 5.44. The fraction of sp³-hybridized carbons (Fsp3) is 0.444. The number of benzene rings is 1. The van der Waals surface area contributed by atoms with Crippen LogP contribution in [-0.2, 0) is 10.9 Å². The maximum atomic E-state index is 12.9. The third-order valence-corrected chi connectivity index (χ3v) is 5.62. The van der Waals surface area contributed by atoms with E-state index in [4.69, 9.17) is 9.47 Å². The molecule has 0 aliphatic carbocycles. The molecule has 1 aromatic carbocycles. The van der Waals surface area contributed by atoms with Gasteiger partial charge in [0, 0.05) is 16.2 Å². The van der Waals surface area contributed by atoms with Crippen LogP contribution in [0.1, 0.15) is 37.3 Å². The molecule has 26 heavy (non-hydrogen) atoms. The topological polar surface area (TPSA) is 44.2 Å². The SMILES string of the molecule is COc1cnc(C2CC(C)(Sc3cccc(C(F)(F)F)c3)CCO2)nc1. The van der Waals surface area contributed by atoms with E-state index < -0.39 is 11.7 Å². The monoisotopic (exact) mass is 384 g/mol. The third kappa shape index (κ3) is 4.48. The fourth-order valence-corrected chi connectivity index (χ4v) is 4.17. The minimum atomic E-state index is -4.34. The van der Waals surface area contributed by atoms with Gasteiger partial charge in [0.2, 0.25) is 0 Å². The van der Waals surface area contributed by atoms with E-state index in [1.165, 1.54) is 31.0 Å². The summed E-state index contributed by atoms with van der Waals surface area (Å²) in [7, 11) is 1.54. The van der Waals surface area contributed by atoms with Gasteiger partial charge in [-0.3, -0.25) is 0 Å². The lowest BCUT2D eigenvalue weighted by molar-refractivity contribution is -0.137. The maximum Gasteiger partial charge on any atom is 0.416 e. The predicted octanol–water partition coefficient (Wildman–Crippen LogP) is 4.91. The van der Waals surface area contributed by atoms with Crippen LogP contribution in [0.2, 0.25) is 0 Å². The summed E-state index contributed by atoms with van der Waals surface area (Å²) in [6.45, 7) is 2.54. The van der Waals surface area contributed by atoms with Crippen LogP contribution >= 0.6 is 11.8 Å². The van der Waals surface area contributed by atoms with Crippen molar-refractivity contribution in [2.75, 3.05) is 13.7 Å². The first-order chi connectivity index (χ1) is 12.3. The van der Waals surface area contributed by atoms with Crippen molar-refractivity contribution in [1.29, 1.82) is 0 Å². The Labute approximate surface area is 154 Å². The van der Waals surface area contributed by atoms with Crippen LogP contribution in [0.5, 0.6) is 5.75 Å². The first-order valence-corrected chi connectivity index (χ1v) is 8.94. The van der Waals surface area contributed by atoms with Crippen molar-refractivity contribution >= 4 is 11.8 Å². The zero-order valence-corrected chi connectivity index (χ0v) is 15.2. The highest BCUT2D eigenvalue weighted by atomic mass is 32.2. The highest BCUT2D eigenvalue weighted by molar-refractivity contribution is 8.00. The second-order valence-electron chi connectivity index (χ2n) is 6.37. The van der Waals surface area contributed by atoms with Crippen LogP contribution in [0.4, 0.5) is 13.2 Å². The molecule has 1 aromatic heterocycles. The molecular weight excluding hydrogens is 365 g/mol. The van der Waals surface area contributed by atoms with E-state index in [9.17, 15) is 13.2 Å². The molecule has 0 saturated carbocycles. The number of ether oxygens (including phenoxy) is 2. The largest absolute Gasteiger partial charge is 0.494 e. The molecule has 0 radical (unpaired) electrons. The highest BCUT2D eigenvalue weighted by Crippen LogP contribution is 2.46. The fourth-order valence-electron chi connectivity index (χ4n) is 2.85. The minimum absolute atomic E-state index is 0.267. The molecule has 0 bridgehead atoms. The lowest BCUT2D eigenvalue weighted by Crippen LogP contribution is -2.32. The molecule has 8 heteroatoms. The molecule has 140 valence electrons. The molecule has 1 aliphatic heterocycles. The molecule has 4 nitrogen and oxygen atoms in total. The zero-order chi connectivity index (χ0) is 18.8. The van der Waals surface area contributed by atoms with Gasteiger partial charge >= 0.3 is 6.18 Å². The molecule has 0 spiro atoms. The number of nitrogens with zero attached hydrogens (tertiary/aromatic N) is 2. The van der Waals surface area contributed by atoms with E-state index >= 15 is 0 Å². The molecule has 2 aromatic rings. The summed E-state index contributed by atoms with van der Waals surface area (Å²) in [5, 5.41) is 0. The summed E-state index contributed by atoms with van der Waals surface area (Å²) in [5.74, 6) is 1.12. The van der Waals surface area contributed by atoms with Crippen molar-refractivity contribution in [1.82, 2.24) is 9.97 Å². The normalized spacial score (nSPS) is 23.7. The minimum Gasteiger partial charge on any atom is -0.494 e. The molecule has 1 saturated heterocycles. The Hall–Kier alpha value is -1.80. The van der Waals surface area contributed by atoms with E-state index in [-0.39, 0.29) is 10.9 Å². The van der Waals surface area contributed by atoms with Crippen LogP contribution in [0, 0.1) is 0 Å². The first-order valence-electron chi connectivity index (χ1n) is 8.13. The summed E-state index contributed by atoms with van der Waals surface area (Å²) in [6.07, 6.45) is -0.124. The molecule has 2 heterocycles. The first kappa shape index (κ1) is 19.0. The molecule has 0 N–H and O–H groups in total. The van der Waals surface area contributed by atoms with Crippen molar-refractivity contribution in [3.8, 4) is 5.75 Å². The smallest absolute Gasteiger partial charge is 0.416 e. The number of rotatable bonds is 4. The summed E-state index contributed by atoms with van der Waals surface area (Å²) < 4.78 is 49.4. The third-order valence-electron chi connectivity index (χ3n) is 4.26. The second-order valence-corrected chi connectivity index (χ2v) is 8.03. The maximum absolute atomic E-state index is 12.9. The van der Waals surface area contributed by atoms with Crippen molar-refractivity contribution in [2.45, 2.75) is 41.7 Å². The van der Waals surface area contributed by atoms with Gasteiger partial charge < -0.3 is 9.47 Å². The summed E-state index contributed by atoms with van der Waals surface area (Å²) in [5.41, 5.74) is -0.631. The van der Waals surface area contributed by atoms with Crippen LogP contribution in [0.25, 0.3) is 0 Å². The van der Waals surface area contributed by atoms with Gasteiger partial charge in [0.15, 0.2) is 11.6 Å². The Morgan fingerprint density at radius 1 is 1.27 bits per heavy atom. The van der Waals surface area contributed by atoms with E-state index in [2.05, 4.69) is 9.97 Å². The van der Waals surface area contributed by atoms with Gasteiger partial charge in [0.05, 0.1) is 25.1 Å². The molecule has 3 rings (SSSR count). The Bertz CT molecular complexity index is 755. The Morgan fingerprint density at radius 2 is 2.00 bits per heavy atom. The van der Waals surface area contributed by atoms with Gasteiger partial charge in [-0.05, 0) is 38.0 Å². The van der Waals surface area contributed by atoms with Crippen LogP contribution in [-0.4, -0.2) is 28.4 Å². The quantitative estimate of drug-likeness (QED) is 0.750. The van der Waals surface area contributed by atoms with Gasteiger partial charge in [0.1, 0.15) is 6.10 Å². The molecule has 2 atom stereocenters. The Morgan fingerprint density at radius 3 is 2.65 bits per heavy atom. The lowest BCUT2D eigenvalue weighted by Gasteiger charge is -2.37. The van der Waals surface area contributed by atoms with Crippen molar-refractivity contribution in [3.63, 3.8) is 0 Å². The number of aromatic nitrogens is 2. The molecule has 1 aliphatic rings. The average molecular weight is 384 g/mol. The van der Waals surface area contributed by atoms with Crippen LogP contribution in [0.3, 0.4) is 0 Å². The van der Waals surface area contributed by atoms with Gasteiger partial charge in [-0.15, -0.1) is 11.8 Å². The highest BCUT2D eigenvalue weighted by Gasteiger charge is 2.37. The van der Waals surface area contributed by atoms with Gasteiger partial charge in [-0.25, -0.2) is 9.97 Å². The molecule has 1 fully saturated rings. The Kier molecular flexibility index (Phi) is 5.43. The predicted molar refractivity (Wildman–Crippen MR) is 92.2 cm³/mol. The zero-order valence-electron chi connectivity index (χ0n) is 14.4. The number of thioether (sulfide) groups is 1. The van der Waals surface area contributed by atoms with E-state index in [0.29, 0.717) is 29.5 Å². The Balaban J connectivity index is 1.75. The average Bonchev–Trinajstić information content (AvgIpc) is 2.61. The standard InChI is InChI=1S/C18H19F3N2O2S/c1-17(26-14-5-3-4-12(8-14)18(19,20)21)6-7-25-15(9-17)16-22-10-13(24-2)11-23-16/h3-5,8,10-11,15H,6-7,9H2,1-2H3. The molecule has 2 unspecified atom stereocenters. The number of alkyl halides is 3. The van der Waals surface area contributed by atoms with E-state index in [0.717, 1.165) is 12.5 Å². The van der Waals surface area contributed by atoms with E-state index in [1.807, 2.05) is 6.92 Å². The van der Waals surface area contributed by atoms with Gasteiger partial charge in [-0.1, -0.05) is 6.07 Å². The number of hydrogen-bond donors (Lipinski definition) is 0. The van der Waals surface area contributed by atoms with Gasteiger partial charge in [-0.2, -0.15) is 13.2 Å². The summed E-state index contributed by atoms with van der Waals surface area (Å²) >= 11 is 1.44. The van der Waals surface area contributed by atoms with Crippen molar-refractivity contribution in [2.24, 2.45) is 0 Å². The van der Waals surface area contributed by atoms with Crippen molar-refractivity contribution < 1.29 is 22.6 Å². The number of hydrogen-bond acceptors (Lipinski definition) is 5. The number of methoxy groups -OCH3 is 1. The molecular formula is C18H19F3N2O2S. The molecule has 0 amide bonds. The van der Waals surface area contributed by atoms with Crippen molar-refractivity contribution in [3.05, 3.63) is 48.0 Å².